The number of benzene rings is 1. The number of thiophene rings is 1. The summed E-state index contributed by atoms with van der Waals surface area (Å²) >= 11 is 12.2. The molecule has 3 nitrogen and oxygen atoms in total. The van der Waals surface area contributed by atoms with Gasteiger partial charge in [-0.05, 0) is 30.0 Å². The molecule has 0 aliphatic heterocycles. The molecule has 98 valence electrons. The van der Waals surface area contributed by atoms with Crippen LogP contribution in [0.15, 0.2) is 29.6 Å². The van der Waals surface area contributed by atoms with Crippen LogP contribution < -0.4 is 11.1 Å². The number of rotatable bonds is 3. The number of halogens is 1. The first kappa shape index (κ1) is 14.0. The van der Waals surface area contributed by atoms with E-state index < -0.39 is 0 Å². The number of amides is 1. The molecule has 6 heteroatoms. The van der Waals surface area contributed by atoms with Crippen molar-refractivity contribution < 1.29 is 4.79 Å². The third-order valence-corrected chi connectivity index (χ3v) is 4.14. The quantitative estimate of drug-likeness (QED) is 0.852. The first-order valence-corrected chi connectivity index (χ1v) is 7.11. The summed E-state index contributed by atoms with van der Waals surface area (Å²) in [4.78, 5) is 12.8. The van der Waals surface area contributed by atoms with Crippen LogP contribution in [0.5, 0.6) is 0 Å². The number of nitrogens with two attached hydrogens (primary N) is 1. The molecule has 0 aliphatic carbocycles. The van der Waals surface area contributed by atoms with Gasteiger partial charge in [0, 0.05) is 5.56 Å². The van der Waals surface area contributed by atoms with Gasteiger partial charge in [0.05, 0.1) is 10.7 Å². The highest BCUT2D eigenvalue weighted by Gasteiger charge is 2.15. The van der Waals surface area contributed by atoms with Crippen molar-refractivity contribution in [3.8, 4) is 0 Å². The average Bonchev–Trinajstić information content (AvgIpc) is 2.75. The number of nitrogens with one attached hydrogen (secondary N) is 1. The molecular weight excluding hydrogens is 300 g/mol. The number of thiocarbonyl (C=S) groups is 1. The lowest BCUT2D eigenvalue weighted by molar-refractivity contribution is 0.103. The minimum atomic E-state index is -0.261. The van der Waals surface area contributed by atoms with Gasteiger partial charge < -0.3 is 11.1 Å². The van der Waals surface area contributed by atoms with Crippen LogP contribution in [-0.2, 0) is 0 Å². The summed E-state index contributed by atoms with van der Waals surface area (Å²) in [6.45, 7) is 1.89. The van der Waals surface area contributed by atoms with Gasteiger partial charge in [0.15, 0.2) is 0 Å². The molecule has 0 unspecified atom stereocenters. The van der Waals surface area contributed by atoms with Crippen LogP contribution in [-0.4, -0.2) is 10.9 Å². The summed E-state index contributed by atoms with van der Waals surface area (Å²) < 4.78 is 0. The zero-order chi connectivity index (χ0) is 14.0. The molecule has 1 aromatic carbocycles. The molecule has 2 rings (SSSR count). The van der Waals surface area contributed by atoms with Crippen LogP contribution in [0, 0.1) is 6.92 Å². The van der Waals surface area contributed by atoms with E-state index in [9.17, 15) is 4.79 Å². The summed E-state index contributed by atoms with van der Waals surface area (Å²) in [5.74, 6) is -0.261. The lowest BCUT2D eigenvalue weighted by Crippen LogP contribution is -2.18. The van der Waals surface area contributed by atoms with Crippen LogP contribution in [0.4, 0.5) is 5.69 Å². The van der Waals surface area contributed by atoms with Crippen molar-refractivity contribution in [3.05, 3.63) is 50.7 Å². The minimum Gasteiger partial charge on any atom is -0.389 e. The number of hydrogen-bond acceptors (Lipinski definition) is 3. The Balaban J connectivity index is 2.35. The van der Waals surface area contributed by atoms with Crippen LogP contribution in [0.25, 0.3) is 0 Å². The molecule has 1 aromatic heterocycles. The Labute approximate surface area is 125 Å². The van der Waals surface area contributed by atoms with E-state index in [-0.39, 0.29) is 10.9 Å². The molecule has 2 aromatic rings. The van der Waals surface area contributed by atoms with Crippen molar-refractivity contribution in [3.63, 3.8) is 0 Å². The Morgan fingerprint density at radius 1 is 1.42 bits per heavy atom. The molecule has 0 atom stereocenters. The maximum absolute atomic E-state index is 12.1. The molecule has 0 spiro atoms. The molecule has 3 N–H and O–H groups in total. The Morgan fingerprint density at radius 3 is 2.74 bits per heavy atom. The van der Waals surface area contributed by atoms with Crippen LogP contribution in [0.3, 0.4) is 0 Å². The fourth-order valence-electron chi connectivity index (χ4n) is 1.73. The molecule has 0 aliphatic rings. The summed E-state index contributed by atoms with van der Waals surface area (Å²) in [6, 6.07) is 7.18. The number of carbonyl (C=O) groups excluding carboxylic acids is 1. The van der Waals surface area contributed by atoms with Gasteiger partial charge in [0.2, 0.25) is 0 Å². The molecule has 0 radical (unpaired) electrons. The van der Waals surface area contributed by atoms with Gasteiger partial charge in [0.1, 0.15) is 9.87 Å². The monoisotopic (exact) mass is 310 g/mol. The molecular formula is C13H11ClN2OS2. The number of carbonyl (C=O) groups is 1. The topological polar surface area (TPSA) is 55.1 Å². The van der Waals surface area contributed by atoms with Crippen LogP contribution >= 0.6 is 35.2 Å². The fourth-order valence-corrected chi connectivity index (χ4v) is 3.04. The molecule has 1 heterocycles. The third kappa shape index (κ3) is 2.94. The first-order chi connectivity index (χ1) is 9.00. The largest absolute Gasteiger partial charge is 0.389 e. The number of aryl methyl sites for hydroxylation is 1. The number of hydrogen-bond donors (Lipinski definition) is 2. The highest BCUT2D eigenvalue weighted by atomic mass is 35.5. The Kier molecular flexibility index (Phi) is 4.19. The summed E-state index contributed by atoms with van der Waals surface area (Å²) in [5.41, 5.74) is 7.89. The van der Waals surface area contributed by atoms with E-state index in [1.807, 2.05) is 19.1 Å². The van der Waals surface area contributed by atoms with E-state index >= 15 is 0 Å². The highest BCUT2D eigenvalue weighted by molar-refractivity contribution is 7.80. The van der Waals surface area contributed by atoms with Crippen molar-refractivity contribution in [2.24, 2.45) is 5.73 Å². The Morgan fingerprint density at radius 2 is 2.16 bits per heavy atom. The minimum absolute atomic E-state index is 0.255. The van der Waals surface area contributed by atoms with E-state index in [1.165, 1.54) is 11.3 Å². The Hall–Kier alpha value is -1.43. The predicted octanol–water partition coefficient (Wildman–Crippen LogP) is 3.60. The third-order valence-electron chi connectivity index (χ3n) is 2.59. The summed E-state index contributed by atoms with van der Waals surface area (Å²) in [6.07, 6.45) is 0. The van der Waals surface area contributed by atoms with E-state index in [4.69, 9.17) is 29.6 Å². The van der Waals surface area contributed by atoms with Gasteiger partial charge in [-0.2, -0.15) is 0 Å². The van der Waals surface area contributed by atoms with E-state index in [1.54, 1.807) is 17.5 Å². The Bertz CT molecular complexity index is 652. The van der Waals surface area contributed by atoms with Crippen molar-refractivity contribution in [2.75, 3.05) is 5.32 Å². The molecule has 0 bridgehead atoms. The SMILES string of the molecule is Cc1cccc(NC(=O)c2sccc2Cl)c1C(N)=S. The lowest BCUT2D eigenvalue weighted by Gasteiger charge is -2.12. The summed E-state index contributed by atoms with van der Waals surface area (Å²) in [5, 5.41) is 5.00. The fraction of sp³-hybridized carbons (Fsp3) is 0.0769. The zero-order valence-electron chi connectivity index (χ0n) is 10.1. The second kappa shape index (κ2) is 5.69. The second-order valence-corrected chi connectivity index (χ2v) is 5.68. The number of anilines is 1. The van der Waals surface area contributed by atoms with Crippen LogP contribution in [0.2, 0.25) is 5.02 Å². The zero-order valence-corrected chi connectivity index (χ0v) is 12.5. The molecule has 19 heavy (non-hydrogen) atoms. The van der Waals surface area contributed by atoms with Gasteiger partial charge in [-0.3, -0.25) is 4.79 Å². The van der Waals surface area contributed by atoms with E-state index in [2.05, 4.69) is 5.32 Å². The maximum Gasteiger partial charge on any atom is 0.267 e. The first-order valence-electron chi connectivity index (χ1n) is 5.44. The van der Waals surface area contributed by atoms with Crippen molar-refractivity contribution in [1.82, 2.24) is 0 Å². The molecule has 1 amide bonds. The lowest BCUT2D eigenvalue weighted by atomic mass is 10.1. The van der Waals surface area contributed by atoms with Gasteiger partial charge in [-0.25, -0.2) is 0 Å². The summed E-state index contributed by atoms with van der Waals surface area (Å²) in [7, 11) is 0. The van der Waals surface area contributed by atoms with E-state index in [0.717, 1.165) is 5.56 Å². The molecule has 0 saturated carbocycles. The van der Waals surface area contributed by atoms with Gasteiger partial charge in [-0.15, -0.1) is 11.3 Å². The van der Waals surface area contributed by atoms with Crippen LogP contribution in [0.1, 0.15) is 20.8 Å². The average molecular weight is 311 g/mol. The smallest absolute Gasteiger partial charge is 0.267 e. The van der Waals surface area contributed by atoms with E-state index in [0.29, 0.717) is 21.2 Å². The van der Waals surface area contributed by atoms with Crippen molar-refractivity contribution in [2.45, 2.75) is 6.92 Å². The standard InChI is InChI=1S/C13H11ClN2OS2/c1-7-3-2-4-9(10(7)12(15)18)16-13(17)11-8(14)5-6-19-11/h2-6H,1H3,(H2,15,18)(H,16,17). The van der Waals surface area contributed by atoms with Gasteiger partial charge in [-0.1, -0.05) is 36.0 Å². The molecule has 0 fully saturated rings. The van der Waals surface area contributed by atoms with Gasteiger partial charge >= 0.3 is 0 Å². The predicted molar refractivity (Wildman–Crippen MR) is 84.3 cm³/mol. The maximum atomic E-state index is 12.1. The van der Waals surface area contributed by atoms with Crippen molar-refractivity contribution in [1.29, 1.82) is 0 Å². The van der Waals surface area contributed by atoms with Gasteiger partial charge in [0.25, 0.3) is 5.91 Å². The highest BCUT2D eigenvalue weighted by Crippen LogP contribution is 2.25. The van der Waals surface area contributed by atoms with Crippen molar-refractivity contribution >= 4 is 51.7 Å². The second-order valence-electron chi connectivity index (χ2n) is 3.91. The molecule has 0 saturated heterocycles. The normalized spacial score (nSPS) is 10.2.